The molecule has 116 valence electrons. The predicted molar refractivity (Wildman–Crippen MR) is 84.8 cm³/mol. The SMILES string of the molecule is CC(=O)Nc1cccc(C(C)NC(=O)C(C)CCCN)c1. The fourth-order valence-electron chi connectivity index (χ4n) is 2.08. The third kappa shape index (κ3) is 5.95. The van der Waals surface area contributed by atoms with E-state index in [1.165, 1.54) is 6.92 Å². The summed E-state index contributed by atoms with van der Waals surface area (Å²) in [6, 6.07) is 7.38. The van der Waals surface area contributed by atoms with Gasteiger partial charge in [-0.3, -0.25) is 9.59 Å². The van der Waals surface area contributed by atoms with E-state index < -0.39 is 0 Å². The first-order valence-corrected chi connectivity index (χ1v) is 7.32. The molecule has 0 bridgehead atoms. The highest BCUT2D eigenvalue weighted by Gasteiger charge is 2.15. The van der Waals surface area contributed by atoms with Crippen LogP contribution in [0.3, 0.4) is 0 Å². The largest absolute Gasteiger partial charge is 0.349 e. The smallest absolute Gasteiger partial charge is 0.223 e. The summed E-state index contributed by atoms with van der Waals surface area (Å²) < 4.78 is 0. The molecule has 0 saturated heterocycles. The van der Waals surface area contributed by atoms with Crippen molar-refractivity contribution >= 4 is 17.5 Å². The van der Waals surface area contributed by atoms with E-state index in [4.69, 9.17) is 5.73 Å². The van der Waals surface area contributed by atoms with Crippen molar-refractivity contribution in [1.29, 1.82) is 0 Å². The van der Waals surface area contributed by atoms with Crippen molar-refractivity contribution in [2.24, 2.45) is 11.7 Å². The van der Waals surface area contributed by atoms with Crippen LogP contribution in [0.25, 0.3) is 0 Å². The standard InChI is InChI=1S/C16H25N3O2/c1-11(6-5-9-17)16(21)18-12(2)14-7-4-8-15(10-14)19-13(3)20/h4,7-8,10-12H,5-6,9,17H2,1-3H3,(H,18,21)(H,19,20). The molecule has 1 aromatic rings. The lowest BCUT2D eigenvalue weighted by atomic mass is 10.0. The van der Waals surface area contributed by atoms with Gasteiger partial charge in [-0.2, -0.15) is 0 Å². The fourth-order valence-corrected chi connectivity index (χ4v) is 2.08. The van der Waals surface area contributed by atoms with Gasteiger partial charge in [-0.15, -0.1) is 0 Å². The zero-order valence-electron chi connectivity index (χ0n) is 13.0. The first kappa shape index (κ1) is 17.2. The van der Waals surface area contributed by atoms with E-state index in [1.54, 1.807) is 0 Å². The van der Waals surface area contributed by atoms with Crippen LogP contribution in [0, 0.1) is 5.92 Å². The number of amides is 2. The molecule has 5 heteroatoms. The molecule has 1 aromatic carbocycles. The van der Waals surface area contributed by atoms with E-state index in [1.807, 2.05) is 38.1 Å². The lowest BCUT2D eigenvalue weighted by Crippen LogP contribution is -2.31. The van der Waals surface area contributed by atoms with Crippen molar-refractivity contribution in [1.82, 2.24) is 5.32 Å². The molecular weight excluding hydrogens is 266 g/mol. The Bertz CT molecular complexity index is 488. The molecule has 0 saturated carbocycles. The molecule has 2 atom stereocenters. The van der Waals surface area contributed by atoms with Crippen molar-refractivity contribution in [3.8, 4) is 0 Å². The Morgan fingerprint density at radius 2 is 2.00 bits per heavy atom. The first-order chi connectivity index (χ1) is 9.93. The summed E-state index contributed by atoms with van der Waals surface area (Å²) in [7, 11) is 0. The Labute approximate surface area is 126 Å². The maximum Gasteiger partial charge on any atom is 0.223 e. The number of nitrogens with two attached hydrogens (primary N) is 1. The Morgan fingerprint density at radius 3 is 2.62 bits per heavy atom. The van der Waals surface area contributed by atoms with Gasteiger partial charge >= 0.3 is 0 Å². The summed E-state index contributed by atoms with van der Waals surface area (Å²) in [4.78, 5) is 23.1. The molecule has 0 spiro atoms. The Morgan fingerprint density at radius 1 is 1.29 bits per heavy atom. The van der Waals surface area contributed by atoms with Crippen LogP contribution < -0.4 is 16.4 Å². The molecule has 0 heterocycles. The second-order valence-electron chi connectivity index (χ2n) is 5.37. The molecular formula is C16H25N3O2. The maximum atomic E-state index is 12.1. The van der Waals surface area contributed by atoms with Crippen LogP contribution in [0.15, 0.2) is 24.3 Å². The number of carbonyl (C=O) groups excluding carboxylic acids is 2. The third-order valence-corrected chi connectivity index (χ3v) is 3.35. The quantitative estimate of drug-likeness (QED) is 0.720. The summed E-state index contributed by atoms with van der Waals surface area (Å²) in [5.74, 6) is -0.130. The third-order valence-electron chi connectivity index (χ3n) is 3.35. The summed E-state index contributed by atoms with van der Waals surface area (Å²) in [5, 5.41) is 5.73. The topological polar surface area (TPSA) is 84.2 Å². The number of hydrogen-bond acceptors (Lipinski definition) is 3. The van der Waals surface area contributed by atoms with Crippen molar-refractivity contribution in [2.75, 3.05) is 11.9 Å². The van der Waals surface area contributed by atoms with Gasteiger partial charge in [-0.05, 0) is 44.0 Å². The molecule has 2 unspecified atom stereocenters. The van der Waals surface area contributed by atoms with Gasteiger partial charge < -0.3 is 16.4 Å². The van der Waals surface area contributed by atoms with Crippen LogP contribution >= 0.6 is 0 Å². The highest BCUT2D eigenvalue weighted by molar-refractivity contribution is 5.88. The lowest BCUT2D eigenvalue weighted by molar-refractivity contribution is -0.125. The fraction of sp³-hybridized carbons (Fsp3) is 0.500. The van der Waals surface area contributed by atoms with E-state index >= 15 is 0 Å². The molecule has 0 radical (unpaired) electrons. The average molecular weight is 291 g/mol. The van der Waals surface area contributed by atoms with E-state index in [-0.39, 0.29) is 23.8 Å². The van der Waals surface area contributed by atoms with Gasteiger partial charge in [0.2, 0.25) is 11.8 Å². The molecule has 4 N–H and O–H groups in total. The molecule has 1 rings (SSSR count). The second kappa shape index (κ2) is 8.42. The number of rotatable bonds is 7. The lowest BCUT2D eigenvalue weighted by Gasteiger charge is -2.18. The highest BCUT2D eigenvalue weighted by atomic mass is 16.2. The molecule has 0 aliphatic rings. The minimum Gasteiger partial charge on any atom is -0.349 e. The summed E-state index contributed by atoms with van der Waals surface area (Å²) >= 11 is 0. The number of benzene rings is 1. The highest BCUT2D eigenvalue weighted by Crippen LogP contribution is 2.18. The number of nitrogens with one attached hydrogen (secondary N) is 2. The first-order valence-electron chi connectivity index (χ1n) is 7.32. The molecule has 0 aromatic heterocycles. The Kier molecular flexibility index (Phi) is 6.88. The Balaban J connectivity index is 2.64. The van der Waals surface area contributed by atoms with Gasteiger partial charge in [0.25, 0.3) is 0 Å². The van der Waals surface area contributed by atoms with Crippen LogP contribution in [0.2, 0.25) is 0 Å². The van der Waals surface area contributed by atoms with Gasteiger partial charge in [0.1, 0.15) is 0 Å². The second-order valence-corrected chi connectivity index (χ2v) is 5.37. The van der Waals surface area contributed by atoms with Crippen LogP contribution in [0.1, 0.15) is 45.2 Å². The molecule has 0 aliphatic carbocycles. The minimum absolute atomic E-state index is 0.0286. The van der Waals surface area contributed by atoms with Crippen LogP contribution in [-0.2, 0) is 9.59 Å². The van der Waals surface area contributed by atoms with E-state index in [0.717, 1.165) is 24.1 Å². The zero-order valence-corrected chi connectivity index (χ0v) is 13.0. The maximum absolute atomic E-state index is 12.1. The molecule has 0 aliphatic heterocycles. The number of anilines is 1. The van der Waals surface area contributed by atoms with Crippen molar-refractivity contribution in [3.63, 3.8) is 0 Å². The van der Waals surface area contributed by atoms with Crippen LogP contribution in [-0.4, -0.2) is 18.4 Å². The van der Waals surface area contributed by atoms with Gasteiger partial charge in [0.15, 0.2) is 0 Å². The molecule has 2 amide bonds. The van der Waals surface area contributed by atoms with Gasteiger partial charge in [-0.25, -0.2) is 0 Å². The van der Waals surface area contributed by atoms with Gasteiger partial charge in [0.05, 0.1) is 6.04 Å². The molecule has 21 heavy (non-hydrogen) atoms. The zero-order chi connectivity index (χ0) is 15.8. The number of carbonyl (C=O) groups is 2. The summed E-state index contributed by atoms with van der Waals surface area (Å²) in [6.45, 7) is 5.91. The van der Waals surface area contributed by atoms with Crippen LogP contribution in [0.5, 0.6) is 0 Å². The molecule has 0 fully saturated rings. The molecule has 5 nitrogen and oxygen atoms in total. The normalized spacial score (nSPS) is 13.3. The average Bonchev–Trinajstić information content (AvgIpc) is 2.44. The Hall–Kier alpha value is -1.88. The predicted octanol–water partition coefficient (Wildman–Crippen LogP) is 2.20. The van der Waals surface area contributed by atoms with Crippen LogP contribution in [0.4, 0.5) is 5.69 Å². The van der Waals surface area contributed by atoms with E-state index in [9.17, 15) is 9.59 Å². The van der Waals surface area contributed by atoms with Gasteiger partial charge in [0, 0.05) is 18.5 Å². The van der Waals surface area contributed by atoms with Gasteiger partial charge in [-0.1, -0.05) is 19.1 Å². The van der Waals surface area contributed by atoms with Crippen molar-refractivity contribution < 1.29 is 9.59 Å². The van der Waals surface area contributed by atoms with E-state index in [0.29, 0.717) is 6.54 Å². The minimum atomic E-state index is -0.112. The number of hydrogen-bond donors (Lipinski definition) is 3. The summed E-state index contributed by atoms with van der Waals surface area (Å²) in [5.41, 5.74) is 7.15. The van der Waals surface area contributed by atoms with E-state index in [2.05, 4.69) is 10.6 Å². The monoisotopic (exact) mass is 291 g/mol. The van der Waals surface area contributed by atoms with Crippen molar-refractivity contribution in [3.05, 3.63) is 29.8 Å². The van der Waals surface area contributed by atoms with Crippen molar-refractivity contribution in [2.45, 2.75) is 39.7 Å². The summed E-state index contributed by atoms with van der Waals surface area (Å²) in [6.07, 6.45) is 1.64.